The topological polar surface area (TPSA) is 132 Å². The van der Waals surface area contributed by atoms with E-state index < -0.39 is 11.9 Å². The molecule has 0 aliphatic rings. The number of hydrogen-bond acceptors (Lipinski definition) is 5. The Balaban J connectivity index is -0.000000175. The molecule has 8 heteroatoms. The van der Waals surface area contributed by atoms with E-state index in [1.54, 1.807) is 0 Å². The number of rotatable bonds is 2. The van der Waals surface area contributed by atoms with E-state index >= 15 is 0 Å². The van der Waals surface area contributed by atoms with Gasteiger partial charge in [-0.15, -0.1) is 0 Å². The molecule has 69 valence electrons. The summed E-state index contributed by atoms with van der Waals surface area (Å²) in [6.07, 6.45) is 1.12. The van der Waals surface area contributed by atoms with Crippen LogP contribution in [-0.4, -0.2) is 32.7 Å². The summed E-state index contributed by atoms with van der Waals surface area (Å²) in [4.78, 5) is 19.1. The summed E-state index contributed by atoms with van der Waals surface area (Å²) in [5, 5.41) is 27.6. The zero-order valence-corrected chi connectivity index (χ0v) is 7.01. The van der Waals surface area contributed by atoms with Crippen LogP contribution in [0.15, 0.2) is 12.2 Å². The second-order valence-corrected chi connectivity index (χ2v) is 1.01. The van der Waals surface area contributed by atoms with E-state index in [4.69, 9.17) is 24.4 Å². The van der Waals surface area contributed by atoms with Crippen molar-refractivity contribution in [3.63, 3.8) is 0 Å². The molecular weight excluding hydrogens is 211 g/mol. The van der Waals surface area contributed by atoms with Crippen molar-refractivity contribution in [3.05, 3.63) is 12.2 Å². The van der Waals surface area contributed by atoms with Gasteiger partial charge < -0.3 is 10.2 Å². The normalized spacial score (nSPS) is 7.08. The van der Waals surface area contributed by atoms with E-state index in [-0.39, 0.29) is 0 Å². The van der Waals surface area contributed by atoms with Crippen molar-refractivity contribution in [2.24, 2.45) is 0 Å². The first-order valence-electron chi connectivity index (χ1n) is 2.15. The fourth-order valence-corrected chi connectivity index (χ4v) is 0.143. The van der Waals surface area contributed by atoms with Gasteiger partial charge in [-0.3, -0.25) is 10.5 Å². The first-order chi connectivity index (χ1) is 5.63. The number of hydrogen-bond donors (Lipinski definition) is 4. The third-order valence-electron chi connectivity index (χ3n) is 0.368. The summed E-state index contributed by atoms with van der Waals surface area (Å²) < 4.78 is 8.19. The Kier molecular flexibility index (Phi) is 23.6. The van der Waals surface area contributed by atoms with E-state index in [1.807, 2.05) is 0 Å². The van der Waals surface area contributed by atoms with Crippen LogP contribution in [0.1, 0.15) is 0 Å². The van der Waals surface area contributed by atoms with Crippen LogP contribution >= 0.6 is 0 Å². The van der Waals surface area contributed by atoms with Crippen LogP contribution in [0.5, 0.6) is 0 Å². The van der Waals surface area contributed by atoms with Crippen LogP contribution in [0, 0.1) is 0 Å². The molecule has 0 aliphatic heterocycles. The molecule has 4 N–H and O–H groups in total. The number of carbonyl (C=O) groups is 2. The molecule has 0 spiro atoms. The summed E-state index contributed by atoms with van der Waals surface area (Å²) >= 11 is 1.06. The third-order valence-corrected chi connectivity index (χ3v) is 0.368. The molecule has 0 aromatic carbocycles. The molecule has 0 aromatic rings. The average Bonchev–Trinajstić information content (AvgIpc) is 2.08. The predicted molar refractivity (Wildman–Crippen MR) is 30.4 cm³/mol. The van der Waals surface area contributed by atoms with Gasteiger partial charge in [-0.05, 0) is 0 Å². The van der Waals surface area contributed by atoms with Crippen LogP contribution in [-0.2, 0) is 30.6 Å². The molecule has 12 heavy (non-hydrogen) atoms. The van der Waals surface area contributed by atoms with E-state index in [0.29, 0.717) is 12.2 Å². The van der Waals surface area contributed by atoms with E-state index in [0.717, 1.165) is 17.4 Å². The van der Waals surface area contributed by atoms with Crippen molar-refractivity contribution in [2.75, 3.05) is 0 Å². The first-order valence-corrected chi connectivity index (χ1v) is 2.72. The molecule has 0 atom stereocenters. The summed E-state index contributed by atoms with van der Waals surface area (Å²) in [6.45, 7) is 0. The summed E-state index contributed by atoms with van der Waals surface area (Å²) in [6, 6.07) is 0. The molecule has 0 bridgehead atoms. The quantitative estimate of drug-likeness (QED) is 0.281. The van der Waals surface area contributed by atoms with Crippen LogP contribution in [0.2, 0.25) is 0 Å². The molecule has 0 fully saturated rings. The van der Waals surface area contributed by atoms with Gasteiger partial charge in [-0.2, -0.15) is 0 Å². The van der Waals surface area contributed by atoms with Crippen molar-refractivity contribution < 1.29 is 51.4 Å². The number of carboxylic acids is 2. The van der Waals surface area contributed by atoms with Gasteiger partial charge in [0.05, 0.1) is 0 Å². The predicted octanol–water partition coefficient (Wildman–Crippen LogP) is -0.392. The number of aliphatic carboxylic acids is 2. The van der Waals surface area contributed by atoms with Crippen molar-refractivity contribution in [3.8, 4) is 0 Å². The maximum absolute atomic E-state index is 9.55. The van der Waals surface area contributed by atoms with Crippen molar-refractivity contribution >= 4 is 11.9 Å². The molecule has 0 saturated heterocycles. The zero-order valence-electron chi connectivity index (χ0n) is 5.62. The average molecular weight is 217 g/mol. The van der Waals surface area contributed by atoms with Crippen LogP contribution in [0.3, 0.4) is 0 Å². The SMILES string of the molecule is O=C(O)C=CC(=O)O.OO.[O]=[V]. The van der Waals surface area contributed by atoms with Gasteiger partial charge in [0.25, 0.3) is 0 Å². The minimum absolute atomic E-state index is 0.558. The standard InChI is InChI=1S/C4H4O4.H2O2.O.V/c5-3(6)1-2-4(7)8;1-2;;/h1-2H,(H,5,6)(H,7,8);1-2H;;. The fourth-order valence-electron chi connectivity index (χ4n) is 0.143. The molecule has 7 nitrogen and oxygen atoms in total. The molecule has 0 aromatic heterocycles. The molecule has 0 amide bonds. The van der Waals surface area contributed by atoms with Crippen LogP contribution in [0.25, 0.3) is 0 Å². The monoisotopic (exact) mass is 217 g/mol. The van der Waals surface area contributed by atoms with Gasteiger partial charge in [0.1, 0.15) is 0 Å². The Morgan fingerprint density at radius 3 is 1.17 bits per heavy atom. The molecule has 0 saturated carbocycles. The van der Waals surface area contributed by atoms with Crippen LogP contribution < -0.4 is 0 Å². The third kappa shape index (κ3) is 36.1. The molecule has 0 rings (SSSR count). The van der Waals surface area contributed by atoms with Crippen LogP contribution in [0.4, 0.5) is 0 Å². The van der Waals surface area contributed by atoms with Crippen molar-refractivity contribution in [1.82, 2.24) is 0 Å². The van der Waals surface area contributed by atoms with E-state index in [2.05, 4.69) is 0 Å². The Bertz CT molecular complexity index is 137. The van der Waals surface area contributed by atoms with Gasteiger partial charge in [0.15, 0.2) is 0 Å². The number of carboxylic acid groups (broad SMARTS) is 2. The summed E-state index contributed by atoms with van der Waals surface area (Å²) in [5.41, 5.74) is 0. The molecular formula is C4H6O7V. The summed E-state index contributed by atoms with van der Waals surface area (Å²) in [7, 11) is 0. The minimum atomic E-state index is -1.26. The maximum atomic E-state index is 9.55. The second kappa shape index (κ2) is 16.5. The Labute approximate surface area is 76.1 Å². The van der Waals surface area contributed by atoms with Gasteiger partial charge in [0, 0.05) is 12.2 Å². The van der Waals surface area contributed by atoms with E-state index in [9.17, 15) is 9.59 Å². The zero-order chi connectivity index (χ0) is 10.6. The second-order valence-electron chi connectivity index (χ2n) is 1.01. The molecule has 0 aliphatic carbocycles. The van der Waals surface area contributed by atoms with E-state index in [1.165, 1.54) is 0 Å². The summed E-state index contributed by atoms with van der Waals surface area (Å²) in [5.74, 6) is -2.51. The van der Waals surface area contributed by atoms with Gasteiger partial charge >= 0.3 is 33.0 Å². The first kappa shape index (κ1) is 17.2. The van der Waals surface area contributed by atoms with Gasteiger partial charge in [-0.25, -0.2) is 9.59 Å². The molecule has 0 unspecified atom stereocenters. The van der Waals surface area contributed by atoms with Crippen molar-refractivity contribution in [2.45, 2.75) is 0 Å². The van der Waals surface area contributed by atoms with Crippen molar-refractivity contribution in [1.29, 1.82) is 0 Å². The van der Waals surface area contributed by atoms with Gasteiger partial charge in [-0.1, -0.05) is 0 Å². The molecule has 0 heterocycles. The Morgan fingerprint density at radius 1 is 0.917 bits per heavy atom. The Morgan fingerprint density at radius 2 is 1.08 bits per heavy atom. The fraction of sp³-hybridized carbons (Fsp3) is 0. The molecule has 0 radical (unpaired) electrons. The van der Waals surface area contributed by atoms with Gasteiger partial charge in [0.2, 0.25) is 0 Å². The Hall–Kier alpha value is -1.02.